The second-order valence-corrected chi connectivity index (χ2v) is 15.6. The van der Waals surface area contributed by atoms with E-state index in [9.17, 15) is 0 Å². The molecular formula is C49H33N5S. The standard InChI is InChI=1S/C49H33N5S/c1-49(2)40-23-20-32(27-38(40)37-22-25-43-45(44(37)49)50-29-55-43)33-21-24-42-39(28-33)36-18-9-10-19-41(36)54(42)35-17-11-16-34(26-35)48-52-46(30-12-5-3-6-13-30)51-47(53-48)31-14-7-4-8-15-31/h3-29H,1-2H3. The van der Waals surface area contributed by atoms with Gasteiger partial charge in [0.1, 0.15) is 0 Å². The topological polar surface area (TPSA) is 56.5 Å². The van der Waals surface area contributed by atoms with Gasteiger partial charge in [0.25, 0.3) is 0 Å². The van der Waals surface area contributed by atoms with Crippen LogP contribution in [0.25, 0.3) is 94.1 Å². The minimum absolute atomic E-state index is 0.115. The maximum absolute atomic E-state index is 5.02. The van der Waals surface area contributed by atoms with Gasteiger partial charge in [-0.25, -0.2) is 19.9 Å². The molecule has 1 aliphatic rings. The van der Waals surface area contributed by atoms with Crippen LogP contribution in [-0.2, 0) is 5.41 Å². The molecule has 55 heavy (non-hydrogen) atoms. The fourth-order valence-corrected chi connectivity index (χ4v) is 9.25. The molecule has 0 aliphatic heterocycles. The number of rotatable bonds is 5. The highest BCUT2D eigenvalue weighted by Crippen LogP contribution is 2.52. The van der Waals surface area contributed by atoms with Gasteiger partial charge in [0.2, 0.25) is 0 Å². The van der Waals surface area contributed by atoms with Crippen molar-refractivity contribution in [2.24, 2.45) is 0 Å². The molecule has 0 spiro atoms. The molecule has 5 nitrogen and oxygen atoms in total. The lowest BCUT2D eigenvalue weighted by Crippen LogP contribution is -2.15. The van der Waals surface area contributed by atoms with E-state index in [2.05, 4.69) is 115 Å². The van der Waals surface area contributed by atoms with Crippen molar-refractivity contribution in [2.75, 3.05) is 0 Å². The molecule has 0 unspecified atom stereocenters. The Morgan fingerprint density at radius 2 is 1.13 bits per heavy atom. The van der Waals surface area contributed by atoms with Crippen LogP contribution < -0.4 is 0 Å². The number of hydrogen-bond acceptors (Lipinski definition) is 5. The minimum atomic E-state index is -0.115. The Labute approximate surface area is 322 Å². The van der Waals surface area contributed by atoms with Crippen molar-refractivity contribution < 1.29 is 0 Å². The highest BCUT2D eigenvalue weighted by Gasteiger charge is 2.37. The van der Waals surface area contributed by atoms with Crippen LogP contribution in [0.15, 0.2) is 163 Å². The number of aromatic nitrogens is 5. The third-order valence-corrected chi connectivity index (χ3v) is 12.0. The molecule has 3 heterocycles. The average Bonchev–Trinajstić information content (AvgIpc) is 3.92. The molecule has 0 radical (unpaired) electrons. The SMILES string of the molecule is CC1(C)c2ccc(-c3ccc4c(c3)c3ccccc3n4-c3cccc(-c4nc(-c5ccccc5)nc(-c5ccccc5)n4)c3)cc2-c2ccc3scnc3c21. The Kier molecular flexibility index (Phi) is 7.00. The summed E-state index contributed by atoms with van der Waals surface area (Å²) in [4.78, 5) is 19.7. The predicted molar refractivity (Wildman–Crippen MR) is 227 cm³/mol. The number of benzene rings is 7. The molecule has 7 aromatic carbocycles. The van der Waals surface area contributed by atoms with Gasteiger partial charge in [-0.3, -0.25) is 0 Å². The van der Waals surface area contributed by atoms with Crippen LogP contribution in [0.4, 0.5) is 0 Å². The maximum Gasteiger partial charge on any atom is 0.164 e. The van der Waals surface area contributed by atoms with Gasteiger partial charge in [-0.15, -0.1) is 11.3 Å². The Morgan fingerprint density at radius 3 is 1.89 bits per heavy atom. The van der Waals surface area contributed by atoms with Gasteiger partial charge >= 0.3 is 0 Å². The maximum atomic E-state index is 5.02. The first-order valence-corrected chi connectivity index (χ1v) is 19.4. The van der Waals surface area contributed by atoms with Crippen molar-refractivity contribution >= 4 is 43.4 Å². The lowest BCUT2D eigenvalue weighted by molar-refractivity contribution is 0.665. The monoisotopic (exact) mass is 723 g/mol. The summed E-state index contributed by atoms with van der Waals surface area (Å²) in [5.74, 6) is 1.93. The minimum Gasteiger partial charge on any atom is -0.309 e. The predicted octanol–water partition coefficient (Wildman–Crippen LogP) is 12.6. The van der Waals surface area contributed by atoms with Crippen LogP contribution in [0, 0.1) is 0 Å². The molecule has 3 aromatic heterocycles. The van der Waals surface area contributed by atoms with Crippen LogP contribution in [0.1, 0.15) is 25.0 Å². The van der Waals surface area contributed by atoms with E-state index in [4.69, 9.17) is 19.9 Å². The third-order valence-electron chi connectivity index (χ3n) is 11.2. The van der Waals surface area contributed by atoms with E-state index in [1.807, 2.05) is 66.2 Å². The summed E-state index contributed by atoms with van der Waals surface area (Å²) in [5, 5.41) is 2.42. The summed E-state index contributed by atoms with van der Waals surface area (Å²) in [7, 11) is 0. The van der Waals surface area contributed by atoms with E-state index in [1.165, 1.54) is 48.9 Å². The van der Waals surface area contributed by atoms with E-state index in [0.29, 0.717) is 17.5 Å². The third kappa shape index (κ3) is 4.99. The van der Waals surface area contributed by atoms with Crippen LogP contribution in [0.5, 0.6) is 0 Å². The number of fused-ring (bicyclic) bond motifs is 8. The van der Waals surface area contributed by atoms with Crippen LogP contribution in [0.2, 0.25) is 0 Å². The number of thiazole rings is 1. The summed E-state index contributed by atoms with van der Waals surface area (Å²) in [6.07, 6.45) is 0. The Hall–Kier alpha value is -6.76. The first-order valence-electron chi connectivity index (χ1n) is 18.5. The highest BCUT2D eigenvalue weighted by molar-refractivity contribution is 7.16. The molecular weight excluding hydrogens is 691 g/mol. The zero-order valence-electron chi connectivity index (χ0n) is 30.2. The molecule has 6 heteroatoms. The largest absolute Gasteiger partial charge is 0.309 e. The quantitative estimate of drug-likeness (QED) is 0.177. The number of hydrogen-bond donors (Lipinski definition) is 0. The van der Waals surface area contributed by atoms with E-state index in [-0.39, 0.29) is 5.41 Å². The fourth-order valence-electron chi connectivity index (χ4n) is 8.57. The molecule has 0 saturated heterocycles. The zero-order valence-corrected chi connectivity index (χ0v) is 31.0. The van der Waals surface area contributed by atoms with Crippen molar-refractivity contribution in [3.63, 3.8) is 0 Å². The van der Waals surface area contributed by atoms with Crippen LogP contribution >= 0.6 is 11.3 Å². The van der Waals surface area contributed by atoms with E-state index in [1.54, 1.807) is 11.3 Å². The second-order valence-electron chi connectivity index (χ2n) is 14.7. The van der Waals surface area contributed by atoms with Crippen molar-refractivity contribution in [3.8, 4) is 62.1 Å². The number of nitrogens with zero attached hydrogens (tertiary/aromatic N) is 5. The first kappa shape index (κ1) is 31.7. The molecule has 0 N–H and O–H groups in total. The lowest BCUT2D eigenvalue weighted by Gasteiger charge is -2.21. The summed E-state index contributed by atoms with van der Waals surface area (Å²) in [5.41, 5.74) is 16.8. The molecule has 0 amide bonds. The van der Waals surface area contributed by atoms with Gasteiger partial charge < -0.3 is 4.57 Å². The van der Waals surface area contributed by atoms with Gasteiger partial charge in [-0.05, 0) is 75.8 Å². The van der Waals surface area contributed by atoms with E-state index >= 15 is 0 Å². The molecule has 11 rings (SSSR count). The van der Waals surface area contributed by atoms with Crippen molar-refractivity contribution in [1.29, 1.82) is 0 Å². The number of para-hydroxylation sites is 1. The molecule has 0 fully saturated rings. The Morgan fingerprint density at radius 1 is 0.491 bits per heavy atom. The van der Waals surface area contributed by atoms with Gasteiger partial charge in [0.05, 0.1) is 26.8 Å². The Balaban J connectivity index is 1.04. The van der Waals surface area contributed by atoms with Gasteiger partial charge in [0, 0.05) is 38.6 Å². The van der Waals surface area contributed by atoms with Crippen LogP contribution in [0.3, 0.4) is 0 Å². The molecule has 260 valence electrons. The summed E-state index contributed by atoms with van der Waals surface area (Å²) in [6.45, 7) is 4.66. The van der Waals surface area contributed by atoms with E-state index < -0.39 is 0 Å². The van der Waals surface area contributed by atoms with E-state index in [0.717, 1.165) is 38.9 Å². The normalized spacial score (nSPS) is 13.1. The fraction of sp³-hybridized carbons (Fsp3) is 0.0612. The highest BCUT2D eigenvalue weighted by atomic mass is 32.1. The molecule has 0 saturated carbocycles. The molecule has 1 aliphatic carbocycles. The summed E-state index contributed by atoms with van der Waals surface area (Å²) < 4.78 is 3.60. The van der Waals surface area contributed by atoms with Crippen molar-refractivity contribution in [3.05, 3.63) is 174 Å². The van der Waals surface area contributed by atoms with Gasteiger partial charge in [0.15, 0.2) is 17.5 Å². The zero-order chi connectivity index (χ0) is 36.7. The molecule has 10 aromatic rings. The second kappa shape index (κ2) is 12.1. The van der Waals surface area contributed by atoms with Gasteiger partial charge in [-0.1, -0.05) is 129 Å². The Bertz CT molecular complexity index is 3070. The molecule has 0 bridgehead atoms. The smallest absolute Gasteiger partial charge is 0.164 e. The average molecular weight is 724 g/mol. The van der Waals surface area contributed by atoms with Crippen LogP contribution in [-0.4, -0.2) is 24.5 Å². The van der Waals surface area contributed by atoms with Crippen molar-refractivity contribution in [2.45, 2.75) is 19.3 Å². The summed E-state index contributed by atoms with van der Waals surface area (Å²) >= 11 is 1.71. The lowest BCUT2D eigenvalue weighted by atomic mass is 9.81. The molecule has 0 atom stereocenters. The summed E-state index contributed by atoms with van der Waals surface area (Å²) in [6, 6.07) is 55.9. The van der Waals surface area contributed by atoms with Crippen molar-refractivity contribution in [1.82, 2.24) is 24.5 Å². The first-order chi connectivity index (χ1) is 27.0. The van der Waals surface area contributed by atoms with Gasteiger partial charge in [-0.2, -0.15) is 0 Å².